The SMILES string of the molecule is O=C(Cc1c(Cl)cccc1Cl)NCCCc1nc2ccccc2s1. The molecule has 0 spiro atoms. The van der Waals surface area contributed by atoms with Crippen LogP contribution in [0.5, 0.6) is 0 Å². The number of hydrogen-bond acceptors (Lipinski definition) is 3. The lowest BCUT2D eigenvalue weighted by Gasteiger charge is -2.07. The Labute approximate surface area is 154 Å². The van der Waals surface area contributed by atoms with Gasteiger partial charge in [0.15, 0.2) is 0 Å². The Hall–Kier alpha value is -1.62. The van der Waals surface area contributed by atoms with E-state index in [1.165, 1.54) is 4.70 Å². The molecule has 0 bridgehead atoms. The molecule has 24 heavy (non-hydrogen) atoms. The van der Waals surface area contributed by atoms with Crippen LogP contribution in [-0.2, 0) is 17.6 Å². The Morgan fingerprint density at radius 1 is 1.08 bits per heavy atom. The fourth-order valence-electron chi connectivity index (χ4n) is 2.42. The lowest BCUT2D eigenvalue weighted by molar-refractivity contribution is -0.120. The first-order chi connectivity index (χ1) is 11.6. The van der Waals surface area contributed by atoms with Crippen LogP contribution in [0.15, 0.2) is 42.5 Å². The van der Waals surface area contributed by atoms with Gasteiger partial charge in [-0.05, 0) is 36.2 Å². The number of fused-ring (bicyclic) bond motifs is 1. The number of aryl methyl sites for hydroxylation is 1. The molecule has 0 aliphatic heterocycles. The normalized spacial score (nSPS) is 10.9. The predicted molar refractivity (Wildman–Crippen MR) is 101 cm³/mol. The van der Waals surface area contributed by atoms with Crippen LogP contribution in [0.25, 0.3) is 10.2 Å². The molecule has 3 rings (SSSR count). The van der Waals surface area contributed by atoms with Crippen molar-refractivity contribution in [1.29, 1.82) is 0 Å². The van der Waals surface area contributed by atoms with Gasteiger partial charge in [-0.25, -0.2) is 4.98 Å². The van der Waals surface area contributed by atoms with E-state index in [2.05, 4.69) is 16.4 Å². The summed E-state index contributed by atoms with van der Waals surface area (Å²) in [6.45, 7) is 0.608. The van der Waals surface area contributed by atoms with Crippen LogP contribution in [0.4, 0.5) is 0 Å². The van der Waals surface area contributed by atoms with E-state index in [4.69, 9.17) is 23.2 Å². The molecule has 0 unspecified atom stereocenters. The number of carbonyl (C=O) groups is 1. The number of halogens is 2. The number of nitrogens with one attached hydrogen (secondary N) is 1. The van der Waals surface area contributed by atoms with E-state index >= 15 is 0 Å². The topological polar surface area (TPSA) is 42.0 Å². The summed E-state index contributed by atoms with van der Waals surface area (Å²) < 4.78 is 1.20. The predicted octanol–water partition coefficient (Wildman–Crippen LogP) is 4.89. The molecule has 1 heterocycles. The maximum Gasteiger partial charge on any atom is 0.224 e. The third-order valence-corrected chi connectivity index (χ3v) is 5.43. The molecule has 6 heteroatoms. The van der Waals surface area contributed by atoms with Crippen LogP contribution in [0.2, 0.25) is 10.0 Å². The van der Waals surface area contributed by atoms with Crippen LogP contribution >= 0.6 is 34.5 Å². The number of rotatable bonds is 6. The summed E-state index contributed by atoms with van der Waals surface area (Å²) in [6.07, 6.45) is 1.90. The Morgan fingerprint density at radius 2 is 1.83 bits per heavy atom. The molecule has 1 amide bonds. The van der Waals surface area contributed by atoms with Gasteiger partial charge < -0.3 is 5.32 Å². The molecule has 0 aliphatic carbocycles. The molecule has 3 nitrogen and oxygen atoms in total. The molecule has 1 aromatic heterocycles. The number of carbonyl (C=O) groups excluding carboxylic acids is 1. The first-order valence-corrected chi connectivity index (χ1v) is 9.25. The van der Waals surface area contributed by atoms with Crippen LogP contribution in [-0.4, -0.2) is 17.4 Å². The molecule has 0 saturated carbocycles. The highest BCUT2D eigenvalue weighted by Crippen LogP contribution is 2.25. The van der Waals surface area contributed by atoms with Crippen molar-refractivity contribution in [2.24, 2.45) is 0 Å². The van der Waals surface area contributed by atoms with E-state index < -0.39 is 0 Å². The molecular weight excluding hydrogens is 363 g/mol. The highest BCUT2D eigenvalue weighted by Gasteiger charge is 2.10. The van der Waals surface area contributed by atoms with Crippen molar-refractivity contribution in [3.05, 3.63) is 63.1 Å². The van der Waals surface area contributed by atoms with Gasteiger partial charge in [0.2, 0.25) is 5.91 Å². The lowest BCUT2D eigenvalue weighted by atomic mass is 10.1. The lowest BCUT2D eigenvalue weighted by Crippen LogP contribution is -2.26. The van der Waals surface area contributed by atoms with Gasteiger partial charge in [-0.3, -0.25) is 4.79 Å². The fourth-order valence-corrected chi connectivity index (χ4v) is 3.96. The largest absolute Gasteiger partial charge is 0.356 e. The minimum absolute atomic E-state index is 0.0747. The van der Waals surface area contributed by atoms with Crippen molar-refractivity contribution in [3.8, 4) is 0 Å². The Kier molecular flexibility index (Phi) is 5.72. The second-order valence-corrected chi connectivity index (χ2v) is 7.34. The third kappa shape index (κ3) is 4.26. The van der Waals surface area contributed by atoms with Gasteiger partial charge in [-0.2, -0.15) is 0 Å². The highest BCUT2D eigenvalue weighted by atomic mass is 35.5. The van der Waals surface area contributed by atoms with Crippen molar-refractivity contribution in [3.63, 3.8) is 0 Å². The van der Waals surface area contributed by atoms with Crippen molar-refractivity contribution >= 4 is 50.7 Å². The van der Waals surface area contributed by atoms with E-state index in [9.17, 15) is 4.79 Å². The second kappa shape index (κ2) is 7.97. The summed E-state index contributed by atoms with van der Waals surface area (Å²) in [5, 5.41) is 5.05. The molecule has 0 aliphatic rings. The van der Waals surface area contributed by atoms with E-state index in [1.807, 2.05) is 18.2 Å². The first kappa shape index (κ1) is 17.2. The van der Waals surface area contributed by atoms with Crippen molar-refractivity contribution in [2.45, 2.75) is 19.3 Å². The fraction of sp³-hybridized carbons (Fsp3) is 0.222. The number of para-hydroxylation sites is 1. The van der Waals surface area contributed by atoms with Crippen molar-refractivity contribution in [2.75, 3.05) is 6.54 Å². The molecule has 1 N–H and O–H groups in total. The monoisotopic (exact) mass is 378 g/mol. The summed E-state index contributed by atoms with van der Waals surface area (Å²) in [6, 6.07) is 13.3. The number of thiazole rings is 1. The molecule has 0 atom stereocenters. The molecule has 124 valence electrons. The smallest absolute Gasteiger partial charge is 0.224 e. The minimum atomic E-state index is -0.0747. The summed E-state index contributed by atoms with van der Waals surface area (Å²) >= 11 is 13.9. The average Bonchev–Trinajstić information content (AvgIpc) is 2.98. The zero-order valence-electron chi connectivity index (χ0n) is 12.9. The molecule has 0 saturated heterocycles. The van der Waals surface area contributed by atoms with E-state index in [-0.39, 0.29) is 12.3 Å². The van der Waals surface area contributed by atoms with Crippen LogP contribution in [0.3, 0.4) is 0 Å². The zero-order chi connectivity index (χ0) is 16.9. The maximum atomic E-state index is 12.0. The number of aromatic nitrogens is 1. The molecule has 0 radical (unpaired) electrons. The molecular formula is C18H16Cl2N2OS. The molecule has 3 aromatic rings. The number of amides is 1. The van der Waals surface area contributed by atoms with E-state index in [1.54, 1.807) is 29.5 Å². The summed E-state index contributed by atoms with van der Waals surface area (Å²) in [5.74, 6) is -0.0747. The Balaban J connectivity index is 1.47. The van der Waals surface area contributed by atoms with Crippen LogP contribution < -0.4 is 5.32 Å². The first-order valence-electron chi connectivity index (χ1n) is 7.67. The van der Waals surface area contributed by atoms with Gasteiger partial charge in [-0.1, -0.05) is 41.4 Å². The average molecular weight is 379 g/mol. The van der Waals surface area contributed by atoms with Gasteiger partial charge >= 0.3 is 0 Å². The number of nitrogens with zero attached hydrogens (tertiary/aromatic N) is 1. The van der Waals surface area contributed by atoms with Gasteiger partial charge in [0.1, 0.15) is 0 Å². The number of benzene rings is 2. The summed E-state index contributed by atoms with van der Waals surface area (Å²) in [4.78, 5) is 16.6. The van der Waals surface area contributed by atoms with Crippen molar-refractivity contribution < 1.29 is 4.79 Å². The van der Waals surface area contributed by atoms with Gasteiger partial charge in [0.25, 0.3) is 0 Å². The molecule has 2 aromatic carbocycles. The van der Waals surface area contributed by atoms with Gasteiger partial charge in [0.05, 0.1) is 21.6 Å². The van der Waals surface area contributed by atoms with E-state index in [0.29, 0.717) is 22.2 Å². The summed E-state index contributed by atoms with van der Waals surface area (Å²) in [5.41, 5.74) is 1.71. The minimum Gasteiger partial charge on any atom is -0.356 e. The summed E-state index contributed by atoms with van der Waals surface area (Å²) in [7, 11) is 0. The van der Waals surface area contributed by atoms with Crippen molar-refractivity contribution in [1.82, 2.24) is 10.3 Å². The maximum absolute atomic E-state index is 12.0. The van der Waals surface area contributed by atoms with Crippen LogP contribution in [0, 0.1) is 0 Å². The van der Waals surface area contributed by atoms with Crippen LogP contribution in [0.1, 0.15) is 17.0 Å². The van der Waals surface area contributed by atoms with E-state index in [0.717, 1.165) is 23.4 Å². The van der Waals surface area contributed by atoms with Gasteiger partial charge in [0, 0.05) is 23.0 Å². The molecule has 0 fully saturated rings. The second-order valence-electron chi connectivity index (χ2n) is 5.41. The Bertz CT molecular complexity index is 810. The Morgan fingerprint density at radius 3 is 2.58 bits per heavy atom. The zero-order valence-corrected chi connectivity index (χ0v) is 15.2. The van der Waals surface area contributed by atoms with Gasteiger partial charge in [-0.15, -0.1) is 11.3 Å². The highest BCUT2D eigenvalue weighted by molar-refractivity contribution is 7.18. The number of hydrogen-bond donors (Lipinski definition) is 1. The third-order valence-electron chi connectivity index (χ3n) is 3.63. The standard InChI is InChI=1S/C18H16Cl2N2OS/c19-13-5-3-6-14(20)12(13)11-17(23)21-10-4-9-18-22-15-7-1-2-8-16(15)24-18/h1-3,5-8H,4,9-11H2,(H,21,23). The quantitative estimate of drug-likeness (QED) is 0.620.